The van der Waals surface area contributed by atoms with Crippen molar-refractivity contribution in [2.24, 2.45) is 16.2 Å². The first-order chi connectivity index (χ1) is 18.6. The number of esters is 1. The van der Waals surface area contributed by atoms with Crippen LogP contribution in [-0.4, -0.2) is 19.0 Å². The number of carbonyl (C=O) groups excluding carboxylic acids is 2. The van der Waals surface area contributed by atoms with Crippen molar-refractivity contribution in [3.63, 3.8) is 0 Å². The van der Waals surface area contributed by atoms with Gasteiger partial charge in [0.05, 0.1) is 12.7 Å². The lowest BCUT2D eigenvalue weighted by Crippen LogP contribution is -2.39. The van der Waals surface area contributed by atoms with Crippen LogP contribution < -0.4 is 10.1 Å². The normalized spacial score (nSPS) is 23.1. The number of nitrogens with one attached hydrogen (secondary N) is 1. The molecule has 2 unspecified atom stereocenters. The summed E-state index contributed by atoms with van der Waals surface area (Å²) in [7, 11) is 1.64. The number of rotatable bonds is 7. The summed E-state index contributed by atoms with van der Waals surface area (Å²) in [4.78, 5) is 28.2. The van der Waals surface area contributed by atoms with Crippen molar-refractivity contribution in [2.75, 3.05) is 12.4 Å². The van der Waals surface area contributed by atoms with Crippen LogP contribution in [0.4, 0.5) is 5.69 Å². The number of hydrogen-bond acceptors (Lipinski definition) is 4. The molecule has 2 aliphatic rings. The van der Waals surface area contributed by atoms with Crippen LogP contribution in [0.1, 0.15) is 45.7 Å². The molecule has 200 valence electrons. The second-order valence-electron chi connectivity index (χ2n) is 11.2. The minimum atomic E-state index is -0.780. The number of methoxy groups -OCH3 is 1. The highest BCUT2D eigenvalue weighted by atomic mass is 16.5. The van der Waals surface area contributed by atoms with Gasteiger partial charge in [-0.15, -0.1) is 0 Å². The van der Waals surface area contributed by atoms with E-state index in [0.717, 1.165) is 28.0 Å². The average Bonchev–Trinajstić information content (AvgIpc) is 3.16. The Morgan fingerprint density at radius 1 is 0.769 bits per heavy atom. The van der Waals surface area contributed by atoms with Gasteiger partial charge >= 0.3 is 5.97 Å². The number of para-hydroxylation sites is 1. The molecule has 0 heterocycles. The van der Waals surface area contributed by atoms with E-state index in [1.54, 1.807) is 7.11 Å². The number of carbonyl (C=O) groups is 2. The summed E-state index contributed by atoms with van der Waals surface area (Å²) in [5, 5.41) is 3.05. The molecule has 5 heteroatoms. The van der Waals surface area contributed by atoms with E-state index in [0.29, 0.717) is 16.8 Å². The van der Waals surface area contributed by atoms with Gasteiger partial charge in [0.25, 0.3) is 5.91 Å². The molecule has 0 fully saturated rings. The summed E-state index contributed by atoms with van der Waals surface area (Å²) >= 11 is 0. The molecular weight excluding hydrogens is 486 g/mol. The third-order valence-corrected chi connectivity index (χ3v) is 9.43. The lowest BCUT2D eigenvalue weighted by Gasteiger charge is -2.43. The number of ether oxygens (including phenoxy) is 2. The summed E-state index contributed by atoms with van der Waals surface area (Å²) in [6, 6.07) is 26.9. The second-order valence-corrected chi connectivity index (χ2v) is 11.2. The highest BCUT2D eigenvalue weighted by molar-refractivity contribution is 6.15. The molecule has 3 aromatic carbocycles. The lowest BCUT2D eigenvalue weighted by molar-refractivity contribution is -0.141. The van der Waals surface area contributed by atoms with Crippen LogP contribution in [0.25, 0.3) is 5.57 Å². The SMILES string of the molecule is COc1ccc(C2=C(C)C3(C)C(C(=O)Nc4ccccc4)=C(C(=O)OCc4ccccc4)C2(C)C3(C)C)cc1. The van der Waals surface area contributed by atoms with E-state index in [2.05, 4.69) is 39.9 Å². The predicted octanol–water partition coefficient (Wildman–Crippen LogP) is 7.21. The van der Waals surface area contributed by atoms with Crippen molar-refractivity contribution in [1.29, 1.82) is 0 Å². The number of hydrogen-bond donors (Lipinski definition) is 1. The molecule has 5 nitrogen and oxygen atoms in total. The van der Waals surface area contributed by atoms with Crippen LogP contribution in [0.3, 0.4) is 0 Å². The zero-order chi connectivity index (χ0) is 28.0. The molecule has 0 radical (unpaired) electrons. The van der Waals surface area contributed by atoms with Crippen LogP contribution in [0.5, 0.6) is 5.75 Å². The number of allylic oxidation sites excluding steroid dienone is 2. The summed E-state index contributed by atoms with van der Waals surface area (Å²) in [5.74, 6) is 0.0203. The first-order valence-corrected chi connectivity index (χ1v) is 13.3. The third-order valence-electron chi connectivity index (χ3n) is 9.43. The molecule has 2 atom stereocenters. The van der Waals surface area contributed by atoms with Gasteiger partial charge in [0.1, 0.15) is 12.4 Å². The second kappa shape index (κ2) is 9.57. The Morgan fingerprint density at radius 2 is 1.36 bits per heavy atom. The Bertz CT molecular complexity index is 1490. The van der Waals surface area contributed by atoms with Gasteiger partial charge in [-0.25, -0.2) is 4.79 Å². The third kappa shape index (κ3) is 3.82. The topological polar surface area (TPSA) is 64.6 Å². The fourth-order valence-electron chi connectivity index (χ4n) is 6.76. The average molecular weight is 522 g/mol. The molecular formula is C34H35NO4. The van der Waals surface area contributed by atoms with E-state index in [-0.39, 0.29) is 12.5 Å². The molecule has 0 aromatic heterocycles. The quantitative estimate of drug-likeness (QED) is 0.334. The summed E-state index contributed by atoms with van der Waals surface area (Å²) in [6.07, 6.45) is 0. The molecule has 0 aliphatic heterocycles. The fraction of sp³-hybridized carbons (Fsp3) is 0.294. The Labute approximate surface area is 230 Å². The lowest BCUT2D eigenvalue weighted by atomic mass is 9.59. The number of anilines is 1. The standard InChI is InChI=1S/C34H35NO4/c1-22-27(24-17-19-26(38-6)20-18-24)34(5)29(31(37)39-21-23-13-9-7-10-14-23)28(33(22,4)32(34,2)3)30(36)35-25-15-11-8-12-16-25/h7-20H,21H2,1-6H3,(H,35,36). The van der Waals surface area contributed by atoms with Crippen LogP contribution in [-0.2, 0) is 20.9 Å². The zero-order valence-electron chi connectivity index (χ0n) is 23.4. The Morgan fingerprint density at radius 3 is 1.95 bits per heavy atom. The van der Waals surface area contributed by atoms with Gasteiger partial charge < -0.3 is 14.8 Å². The minimum Gasteiger partial charge on any atom is -0.497 e. The van der Waals surface area contributed by atoms with Crippen molar-refractivity contribution in [2.45, 2.75) is 41.2 Å². The smallest absolute Gasteiger partial charge is 0.335 e. The maximum Gasteiger partial charge on any atom is 0.335 e. The molecule has 0 saturated carbocycles. The molecule has 2 aliphatic carbocycles. The molecule has 0 spiro atoms. The molecule has 3 aromatic rings. The Hall–Kier alpha value is -4.12. The van der Waals surface area contributed by atoms with Gasteiger partial charge in [-0.1, -0.05) is 93.9 Å². The highest BCUT2D eigenvalue weighted by Gasteiger charge is 2.72. The maximum atomic E-state index is 14.1. The fourth-order valence-corrected chi connectivity index (χ4v) is 6.76. The van der Waals surface area contributed by atoms with E-state index in [4.69, 9.17) is 9.47 Å². The van der Waals surface area contributed by atoms with Gasteiger partial charge in [0, 0.05) is 22.1 Å². The van der Waals surface area contributed by atoms with Crippen LogP contribution in [0, 0.1) is 16.2 Å². The number of fused-ring (bicyclic) bond motifs is 2. The molecule has 5 rings (SSSR count). The van der Waals surface area contributed by atoms with E-state index in [1.807, 2.05) is 84.9 Å². The summed E-state index contributed by atoms with van der Waals surface area (Å²) in [6.45, 7) is 10.7. The predicted molar refractivity (Wildman–Crippen MR) is 154 cm³/mol. The van der Waals surface area contributed by atoms with Gasteiger partial charge in [-0.3, -0.25) is 4.79 Å². The molecule has 1 N–H and O–H groups in total. The van der Waals surface area contributed by atoms with Crippen molar-refractivity contribution < 1.29 is 19.1 Å². The van der Waals surface area contributed by atoms with Crippen molar-refractivity contribution in [3.8, 4) is 5.75 Å². The van der Waals surface area contributed by atoms with Crippen LogP contribution in [0.2, 0.25) is 0 Å². The number of amides is 1. The van der Waals surface area contributed by atoms with Crippen LogP contribution >= 0.6 is 0 Å². The zero-order valence-corrected chi connectivity index (χ0v) is 23.4. The van der Waals surface area contributed by atoms with E-state index in [9.17, 15) is 9.59 Å². The molecule has 1 amide bonds. The van der Waals surface area contributed by atoms with Gasteiger partial charge in [0.15, 0.2) is 0 Å². The first kappa shape index (κ1) is 26.5. The number of benzene rings is 3. The van der Waals surface area contributed by atoms with Gasteiger partial charge in [-0.2, -0.15) is 0 Å². The molecule has 2 bridgehead atoms. The van der Waals surface area contributed by atoms with Gasteiger partial charge in [0.2, 0.25) is 0 Å². The largest absolute Gasteiger partial charge is 0.497 e. The molecule has 0 saturated heterocycles. The first-order valence-electron chi connectivity index (χ1n) is 13.3. The maximum absolute atomic E-state index is 14.1. The van der Waals surface area contributed by atoms with Crippen LogP contribution in [0.15, 0.2) is 102 Å². The highest BCUT2D eigenvalue weighted by Crippen LogP contribution is 2.77. The monoisotopic (exact) mass is 521 g/mol. The summed E-state index contributed by atoms with van der Waals surface area (Å²) in [5.41, 5.74) is 3.63. The van der Waals surface area contributed by atoms with Gasteiger partial charge in [-0.05, 0) is 53.3 Å². The summed E-state index contributed by atoms with van der Waals surface area (Å²) < 4.78 is 11.3. The van der Waals surface area contributed by atoms with Crippen molar-refractivity contribution >= 4 is 23.1 Å². The van der Waals surface area contributed by atoms with E-state index >= 15 is 0 Å². The molecule has 39 heavy (non-hydrogen) atoms. The van der Waals surface area contributed by atoms with E-state index < -0.39 is 22.2 Å². The Kier molecular flexibility index (Phi) is 6.50. The Balaban J connectivity index is 1.66. The minimum absolute atomic E-state index is 0.130. The van der Waals surface area contributed by atoms with Crippen molar-refractivity contribution in [1.82, 2.24) is 0 Å². The van der Waals surface area contributed by atoms with E-state index in [1.165, 1.54) is 0 Å². The van der Waals surface area contributed by atoms with Crippen molar-refractivity contribution in [3.05, 3.63) is 113 Å².